The number of rotatable bonds is 61. The van der Waals surface area contributed by atoms with E-state index in [1.807, 2.05) is 0 Å². The number of carbonyl (C=O) groups excluding carboxylic acids is 3. The highest BCUT2D eigenvalue weighted by molar-refractivity contribution is 5.71. The predicted octanol–water partition coefficient (Wildman–Crippen LogP) is 23.4. The monoisotopic (exact) mass is 1110 g/mol. The zero-order chi connectivity index (χ0) is 57.8. The molecule has 458 valence electrons. The Morgan fingerprint density at radius 1 is 0.263 bits per heavy atom. The van der Waals surface area contributed by atoms with Crippen molar-refractivity contribution in [1.82, 2.24) is 0 Å². The maximum atomic E-state index is 12.9. The van der Waals surface area contributed by atoms with Crippen LogP contribution in [0, 0.1) is 0 Å². The van der Waals surface area contributed by atoms with Gasteiger partial charge in [-0.2, -0.15) is 0 Å². The highest BCUT2D eigenvalue weighted by atomic mass is 16.6. The molecule has 6 nitrogen and oxygen atoms in total. The number of esters is 3. The summed E-state index contributed by atoms with van der Waals surface area (Å²) in [5.74, 6) is -0.898. The second kappa shape index (κ2) is 67.6. The van der Waals surface area contributed by atoms with Crippen LogP contribution in [0.1, 0.15) is 323 Å². The highest BCUT2D eigenvalue weighted by Gasteiger charge is 2.19. The lowest BCUT2D eigenvalue weighted by atomic mass is 10.0. The second-order valence-electron chi connectivity index (χ2n) is 22.3. The summed E-state index contributed by atoms with van der Waals surface area (Å²) in [6, 6.07) is 0. The van der Waals surface area contributed by atoms with Crippen LogP contribution in [0.15, 0.2) is 109 Å². The topological polar surface area (TPSA) is 78.9 Å². The van der Waals surface area contributed by atoms with Crippen molar-refractivity contribution in [2.75, 3.05) is 13.2 Å². The largest absolute Gasteiger partial charge is 0.462 e. The van der Waals surface area contributed by atoms with Crippen LogP contribution in [0.25, 0.3) is 0 Å². The summed E-state index contributed by atoms with van der Waals surface area (Å²) in [5, 5.41) is 0. The second-order valence-corrected chi connectivity index (χ2v) is 22.3. The molecule has 0 radical (unpaired) electrons. The first-order chi connectivity index (χ1) is 39.5. The molecule has 80 heavy (non-hydrogen) atoms. The molecule has 6 heteroatoms. The van der Waals surface area contributed by atoms with Crippen LogP contribution < -0.4 is 0 Å². The van der Waals surface area contributed by atoms with Crippen molar-refractivity contribution in [3.8, 4) is 0 Å². The molecule has 0 aromatic rings. The first-order valence-electron chi connectivity index (χ1n) is 33.9. The number of ether oxygens (including phenoxy) is 3. The summed E-state index contributed by atoms with van der Waals surface area (Å²) in [7, 11) is 0. The lowest BCUT2D eigenvalue weighted by Gasteiger charge is -2.18. The molecule has 0 fully saturated rings. The van der Waals surface area contributed by atoms with Gasteiger partial charge >= 0.3 is 17.9 Å². The van der Waals surface area contributed by atoms with Crippen LogP contribution in [-0.2, 0) is 28.6 Å². The van der Waals surface area contributed by atoms with E-state index in [9.17, 15) is 14.4 Å². The molecule has 0 amide bonds. The zero-order valence-corrected chi connectivity index (χ0v) is 52.6. The minimum Gasteiger partial charge on any atom is -0.462 e. The number of allylic oxidation sites excluding steroid dienone is 18. The third-order valence-corrected chi connectivity index (χ3v) is 14.5. The molecule has 1 unspecified atom stereocenters. The summed E-state index contributed by atoms with van der Waals surface area (Å²) in [6.45, 7) is 6.49. The van der Waals surface area contributed by atoms with Gasteiger partial charge in [0, 0.05) is 19.3 Å². The van der Waals surface area contributed by atoms with Crippen LogP contribution >= 0.6 is 0 Å². The molecule has 0 aromatic carbocycles. The summed E-state index contributed by atoms with van der Waals surface area (Å²) < 4.78 is 17.0. The molecule has 0 saturated heterocycles. The Labute approximate surface area is 495 Å². The van der Waals surface area contributed by atoms with E-state index in [4.69, 9.17) is 14.2 Å². The molecule has 0 heterocycles. The standard InChI is InChI=1S/C74H126O6/c1-4-7-10-13-16-19-22-25-28-30-32-34-36-37-39-40-42-44-46-49-52-55-58-61-64-67-73(76)79-70-71(69-78-72(75)66-63-60-57-54-51-48-27-24-21-18-15-12-9-6-3)80-74(77)68-65-62-59-56-53-50-47-45-43-41-38-35-33-31-29-26-23-20-17-14-11-8-5-2/h7,10,15-16,18-19,23-28,31-34,37,39,71H,4-6,8-9,11-14,17,20-22,29-30,35-36,38,40-70H2,1-3H3/b10-7-,18-15-,19-16-,26-23-,27-24-,28-25-,33-31-,34-32-,39-37-. The van der Waals surface area contributed by atoms with Gasteiger partial charge < -0.3 is 14.2 Å². The van der Waals surface area contributed by atoms with E-state index in [0.717, 1.165) is 128 Å². The third kappa shape index (κ3) is 64.9. The van der Waals surface area contributed by atoms with Gasteiger partial charge in [-0.05, 0) is 122 Å². The van der Waals surface area contributed by atoms with Gasteiger partial charge in [0.1, 0.15) is 13.2 Å². The van der Waals surface area contributed by atoms with Crippen LogP contribution in [0.2, 0.25) is 0 Å². The van der Waals surface area contributed by atoms with Gasteiger partial charge in [-0.1, -0.05) is 291 Å². The Bertz CT molecular complexity index is 1610. The van der Waals surface area contributed by atoms with Crippen molar-refractivity contribution < 1.29 is 28.6 Å². The molecular formula is C74H126O6. The maximum absolute atomic E-state index is 12.9. The lowest BCUT2D eigenvalue weighted by Crippen LogP contribution is -2.30. The molecular weight excluding hydrogens is 985 g/mol. The number of hydrogen-bond donors (Lipinski definition) is 0. The molecule has 0 aromatic heterocycles. The average molecular weight is 1110 g/mol. The summed E-state index contributed by atoms with van der Waals surface area (Å²) in [5.41, 5.74) is 0. The van der Waals surface area contributed by atoms with Crippen LogP contribution in [0.3, 0.4) is 0 Å². The Morgan fingerprint density at radius 3 is 0.800 bits per heavy atom. The molecule has 0 spiro atoms. The number of carbonyl (C=O) groups is 3. The van der Waals surface area contributed by atoms with E-state index in [-0.39, 0.29) is 31.1 Å². The highest BCUT2D eigenvalue weighted by Crippen LogP contribution is 2.16. The maximum Gasteiger partial charge on any atom is 0.306 e. The SMILES string of the molecule is CC/C=C\C/C=C\C/C=C\C/C=C\C/C=C\CCCCCCCCCCCC(=O)OCC(COC(=O)CCCCCCC/C=C\C/C=C\CCCC)OC(=O)CCCCCCCCCCCCC/C=C\C/C=C\CCCCCCC. The molecule has 0 rings (SSSR count). The fourth-order valence-corrected chi connectivity index (χ4v) is 9.40. The van der Waals surface area contributed by atoms with Crippen LogP contribution in [0.5, 0.6) is 0 Å². The minimum absolute atomic E-state index is 0.0865. The molecule has 0 N–H and O–H groups in total. The fourth-order valence-electron chi connectivity index (χ4n) is 9.40. The van der Waals surface area contributed by atoms with Gasteiger partial charge in [0.05, 0.1) is 0 Å². The average Bonchev–Trinajstić information content (AvgIpc) is 3.46. The first kappa shape index (κ1) is 76.1. The fraction of sp³-hybridized carbons (Fsp3) is 0.716. The molecule has 0 aliphatic carbocycles. The van der Waals surface area contributed by atoms with Gasteiger partial charge in [0.25, 0.3) is 0 Å². The Hall–Kier alpha value is -3.93. The van der Waals surface area contributed by atoms with Crippen molar-refractivity contribution in [2.24, 2.45) is 0 Å². The third-order valence-electron chi connectivity index (χ3n) is 14.5. The summed E-state index contributed by atoms with van der Waals surface area (Å²) in [6.07, 6.45) is 92.4. The lowest BCUT2D eigenvalue weighted by molar-refractivity contribution is -0.167. The predicted molar refractivity (Wildman–Crippen MR) is 348 cm³/mol. The van der Waals surface area contributed by atoms with Gasteiger partial charge in [-0.3, -0.25) is 14.4 Å². The number of hydrogen-bond acceptors (Lipinski definition) is 6. The number of unbranched alkanes of at least 4 members (excludes halogenated alkanes) is 32. The van der Waals surface area contributed by atoms with Gasteiger partial charge in [-0.25, -0.2) is 0 Å². The van der Waals surface area contributed by atoms with Crippen LogP contribution in [0.4, 0.5) is 0 Å². The van der Waals surface area contributed by atoms with Crippen molar-refractivity contribution in [3.63, 3.8) is 0 Å². The normalized spacial score (nSPS) is 12.8. The molecule has 0 aliphatic heterocycles. The van der Waals surface area contributed by atoms with E-state index in [1.54, 1.807) is 0 Å². The van der Waals surface area contributed by atoms with E-state index in [2.05, 4.69) is 130 Å². The van der Waals surface area contributed by atoms with Gasteiger partial charge in [0.2, 0.25) is 0 Å². The van der Waals surface area contributed by atoms with E-state index < -0.39 is 6.10 Å². The summed E-state index contributed by atoms with van der Waals surface area (Å²) in [4.78, 5) is 38.4. The van der Waals surface area contributed by atoms with E-state index >= 15 is 0 Å². The smallest absolute Gasteiger partial charge is 0.306 e. The van der Waals surface area contributed by atoms with E-state index in [0.29, 0.717) is 19.3 Å². The molecule has 1 atom stereocenters. The van der Waals surface area contributed by atoms with Gasteiger partial charge in [0.15, 0.2) is 6.10 Å². The van der Waals surface area contributed by atoms with Gasteiger partial charge in [-0.15, -0.1) is 0 Å². The Morgan fingerprint density at radius 2 is 0.500 bits per heavy atom. The zero-order valence-electron chi connectivity index (χ0n) is 52.6. The minimum atomic E-state index is -0.791. The Kier molecular flexibility index (Phi) is 64.3. The van der Waals surface area contributed by atoms with Crippen molar-refractivity contribution in [1.29, 1.82) is 0 Å². The van der Waals surface area contributed by atoms with Crippen molar-refractivity contribution in [2.45, 2.75) is 329 Å². The van der Waals surface area contributed by atoms with Crippen molar-refractivity contribution >= 4 is 17.9 Å². The molecule has 0 saturated carbocycles. The summed E-state index contributed by atoms with van der Waals surface area (Å²) >= 11 is 0. The first-order valence-corrected chi connectivity index (χ1v) is 33.9. The Balaban J connectivity index is 4.35. The molecule has 0 aliphatic rings. The van der Waals surface area contributed by atoms with Crippen molar-refractivity contribution in [3.05, 3.63) is 109 Å². The van der Waals surface area contributed by atoms with Crippen LogP contribution in [-0.4, -0.2) is 37.2 Å². The van der Waals surface area contributed by atoms with E-state index in [1.165, 1.54) is 154 Å². The molecule has 0 bridgehead atoms. The quantitative estimate of drug-likeness (QED) is 0.0261.